The number of carbonyl (C=O) groups excluding carboxylic acids is 1. The van der Waals surface area contributed by atoms with Gasteiger partial charge in [-0.1, -0.05) is 24.3 Å². The van der Waals surface area contributed by atoms with Crippen LogP contribution in [0.5, 0.6) is 0 Å². The van der Waals surface area contributed by atoms with Gasteiger partial charge in [0.1, 0.15) is 0 Å². The molecule has 3 aliphatic heterocycles. The van der Waals surface area contributed by atoms with E-state index in [0.29, 0.717) is 12.0 Å². The molecule has 3 aromatic rings. The molecule has 3 saturated heterocycles. The van der Waals surface area contributed by atoms with Gasteiger partial charge in [0, 0.05) is 29.2 Å². The predicted octanol–water partition coefficient (Wildman–Crippen LogP) is 4.12. The van der Waals surface area contributed by atoms with Crippen molar-refractivity contribution in [1.82, 2.24) is 15.2 Å². The van der Waals surface area contributed by atoms with Crippen molar-refractivity contribution < 1.29 is 4.79 Å². The van der Waals surface area contributed by atoms with Crippen molar-refractivity contribution in [2.24, 2.45) is 5.92 Å². The third-order valence-electron chi connectivity index (χ3n) is 6.09. The average Bonchev–Trinajstić information content (AvgIpc) is 3.13. The number of carbonyl (C=O) groups is 1. The molecule has 5 heterocycles. The summed E-state index contributed by atoms with van der Waals surface area (Å²) in [5.41, 5.74) is 1.23. The topological polar surface area (TPSA) is 57.3 Å². The lowest BCUT2D eigenvalue weighted by molar-refractivity contribution is 0.0184. The number of urea groups is 1. The van der Waals surface area contributed by atoms with E-state index in [1.54, 1.807) is 11.3 Å². The SMILES string of the molecule is O=C(Nc1cc2ccccc2s1)NC1C2CCN(CC2)C1Cc1cccnc1. The molecule has 0 radical (unpaired) electrons. The minimum Gasteiger partial charge on any atom is -0.333 e. The maximum absolute atomic E-state index is 12.8. The molecule has 2 unspecified atom stereocenters. The van der Waals surface area contributed by atoms with Crippen molar-refractivity contribution in [2.75, 3.05) is 18.4 Å². The molecule has 3 aliphatic rings. The van der Waals surface area contributed by atoms with E-state index in [4.69, 9.17) is 0 Å². The minimum atomic E-state index is -0.0958. The van der Waals surface area contributed by atoms with E-state index >= 15 is 0 Å². The van der Waals surface area contributed by atoms with Crippen molar-refractivity contribution in [3.8, 4) is 0 Å². The molecule has 1 aromatic carbocycles. The Morgan fingerprint density at radius 2 is 2.04 bits per heavy atom. The van der Waals surface area contributed by atoms with Crippen LogP contribution in [-0.4, -0.2) is 41.1 Å². The molecule has 2 bridgehead atoms. The first-order valence-electron chi connectivity index (χ1n) is 9.95. The average molecular weight is 393 g/mol. The van der Waals surface area contributed by atoms with Crippen molar-refractivity contribution in [2.45, 2.75) is 31.3 Å². The van der Waals surface area contributed by atoms with E-state index in [-0.39, 0.29) is 12.1 Å². The molecule has 6 heteroatoms. The summed E-state index contributed by atoms with van der Waals surface area (Å²) in [5.74, 6) is 0.555. The molecule has 2 atom stereocenters. The number of piperidine rings is 3. The Balaban J connectivity index is 1.30. The third kappa shape index (κ3) is 3.50. The smallest absolute Gasteiger partial charge is 0.320 e. The molecule has 5 nitrogen and oxygen atoms in total. The van der Waals surface area contributed by atoms with Crippen molar-refractivity contribution >= 4 is 32.5 Å². The highest BCUT2D eigenvalue weighted by Gasteiger charge is 2.42. The van der Waals surface area contributed by atoms with Gasteiger partial charge in [-0.2, -0.15) is 0 Å². The third-order valence-corrected chi connectivity index (χ3v) is 7.12. The van der Waals surface area contributed by atoms with Gasteiger partial charge in [-0.05, 0) is 67.4 Å². The van der Waals surface area contributed by atoms with Crippen LogP contribution in [0.3, 0.4) is 0 Å². The lowest BCUT2D eigenvalue weighted by Gasteiger charge is -2.51. The van der Waals surface area contributed by atoms with Gasteiger partial charge in [0.2, 0.25) is 0 Å². The van der Waals surface area contributed by atoms with E-state index in [1.165, 1.54) is 15.6 Å². The lowest BCUT2D eigenvalue weighted by Crippen LogP contribution is -2.64. The number of rotatable bonds is 4. The zero-order valence-electron chi connectivity index (χ0n) is 15.7. The van der Waals surface area contributed by atoms with Crippen LogP contribution in [0.15, 0.2) is 54.9 Å². The van der Waals surface area contributed by atoms with Crippen LogP contribution in [0.4, 0.5) is 9.80 Å². The number of amides is 2. The maximum Gasteiger partial charge on any atom is 0.320 e. The Morgan fingerprint density at radius 3 is 2.82 bits per heavy atom. The van der Waals surface area contributed by atoms with Crippen LogP contribution in [0, 0.1) is 5.92 Å². The second kappa shape index (κ2) is 7.53. The highest BCUT2D eigenvalue weighted by Crippen LogP contribution is 2.34. The monoisotopic (exact) mass is 392 g/mol. The zero-order chi connectivity index (χ0) is 18.9. The van der Waals surface area contributed by atoms with E-state index in [2.05, 4.69) is 38.7 Å². The summed E-state index contributed by atoms with van der Waals surface area (Å²) in [6.45, 7) is 2.26. The molecular weight excluding hydrogens is 368 g/mol. The Morgan fingerprint density at radius 1 is 1.18 bits per heavy atom. The van der Waals surface area contributed by atoms with E-state index in [0.717, 1.165) is 37.4 Å². The number of nitrogens with one attached hydrogen (secondary N) is 2. The van der Waals surface area contributed by atoms with Crippen LogP contribution in [-0.2, 0) is 6.42 Å². The van der Waals surface area contributed by atoms with Crippen LogP contribution < -0.4 is 10.6 Å². The number of thiophene rings is 1. The summed E-state index contributed by atoms with van der Waals surface area (Å²) < 4.78 is 1.19. The number of hydrogen-bond donors (Lipinski definition) is 2. The fourth-order valence-electron chi connectivity index (χ4n) is 4.72. The standard InChI is InChI=1S/C22H24N4OS/c27-22(24-20-13-17-5-1-2-6-19(17)28-20)25-21-16-7-10-26(11-8-16)18(21)12-15-4-3-9-23-14-15/h1-6,9,13-14,16,18,21H,7-8,10-12H2,(H2,24,25,27). The molecule has 0 saturated carbocycles. The summed E-state index contributed by atoms with van der Waals surface area (Å²) in [6, 6.07) is 14.8. The van der Waals surface area contributed by atoms with E-state index in [1.807, 2.05) is 36.7 Å². The Kier molecular flexibility index (Phi) is 4.74. The van der Waals surface area contributed by atoms with Crippen LogP contribution in [0.2, 0.25) is 0 Å². The fourth-order valence-corrected chi connectivity index (χ4v) is 5.68. The Bertz CT molecular complexity index is 932. The fraction of sp³-hybridized carbons (Fsp3) is 0.364. The Hall–Kier alpha value is -2.44. The first-order chi connectivity index (χ1) is 13.8. The van der Waals surface area contributed by atoms with Gasteiger partial charge in [0.25, 0.3) is 0 Å². The number of anilines is 1. The van der Waals surface area contributed by atoms with Crippen molar-refractivity contribution in [3.05, 3.63) is 60.4 Å². The number of aromatic nitrogens is 1. The van der Waals surface area contributed by atoms with Gasteiger partial charge in [-0.15, -0.1) is 11.3 Å². The molecule has 2 aromatic heterocycles. The Labute approximate surface area is 168 Å². The summed E-state index contributed by atoms with van der Waals surface area (Å²) in [5, 5.41) is 8.43. The van der Waals surface area contributed by atoms with Crippen molar-refractivity contribution in [1.29, 1.82) is 0 Å². The van der Waals surface area contributed by atoms with E-state index < -0.39 is 0 Å². The normalized spacial score (nSPS) is 26.3. The van der Waals surface area contributed by atoms with Crippen LogP contribution in [0.25, 0.3) is 10.1 Å². The number of pyridine rings is 1. The number of hydrogen-bond acceptors (Lipinski definition) is 4. The summed E-state index contributed by atoms with van der Waals surface area (Å²) in [7, 11) is 0. The van der Waals surface area contributed by atoms with Gasteiger partial charge in [0.05, 0.1) is 5.00 Å². The van der Waals surface area contributed by atoms with Gasteiger partial charge in [-0.25, -0.2) is 4.79 Å². The van der Waals surface area contributed by atoms with Crippen molar-refractivity contribution in [3.63, 3.8) is 0 Å². The molecule has 144 valence electrons. The highest BCUT2D eigenvalue weighted by molar-refractivity contribution is 7.22. The van der Waals surface area contributed by atoms with Crippen LogP contribution in [0.1, 0.15) is 18.4 Å². The highest BCUT2D eigenvalue weighted by atomic mass is 32.1. The molecule has 2 amide bonds. The lowest BCUT2D eigenvalue weighted by atomic mass is 9.77. The second-order valence-electron chi connectivity index (χ2n) is 7.78. The maximum atomic E-state index is 12.8. The molecule has 3 fully saturated rings. The summed E-state index contributed by atoms with van der Waals surface area (Å²) >= 11 is 1.62. The van der Waals surface area contributed by atoms with Crippen LogP contribution >= 0.6 is 11.3 Å². The van der Waals surface area contributed by atoms with E-state index in [9.17, 15) is 4.79 Å². The second-order valence-corrected chi connectivity index (χ2v) is 8.86. The number of nitrogens with zero attached hydrogens (tertiary/aromatic N) is 2. The largest absolute Gasteiger partial charge is 0.333 e. The first kappa shape index (κ1) is 17.6. The molecule has 2 N–H and O–H groups in total. The zero-order valence-corrected chi connectivity index (χ0v) is 16.5. The van der Waals surface area contributed by atoms with Gasteiger partial charge >= 0.3 is 6.03 Å². The molecule has 6 rings (SSSR count). The summed E-state index contributed by atoms with van der Waals surface area (Å²) in [6.07, 6.45) is 7.01. The van der Waals surface area contributed by atoms with Gasteiger partial charge < -0.3 is 5.32 Å². The molecule has 0 spiro atoms. The minimum absolute atomic E-state index is 0.0958. The summed E-state index contributed by atoms with van der Waals surface area (Å²) in [4.78, 5) is 19.6. The molecular formula is C22H24N4OS. The predicted molar refractivity (Wildman–Crippen MR) is 114 cm³/mol. The number of fused-ring (bicyclic) bond motifs is 4. The number of benzene rings is 1. The quantitative estimate of drug-likeness (QED) is 0.702. The molecule has 28 heavy (non-hydrogen) atoms. The van der Waals surface area contributed by atoms with Gasteiger partial charge in [0.15, 0.2) is 0 Å². The first-order valence-corrected chi connectivity index (χ1v) is 10.8. The molecule has 0 aliphatic carbocycles. The van der Waals surface area contributed by atoms with Gasteiger partial charge in [-0.3, -0.25) is 15.2 Å².